The second-order valence-corrected chi connectivity index (χ2v) is 3.39. The number of ether oxygens (including phenoxy) is 1. The average Bonchev–Trinajstić information content (AvgIpc) is 2.17. The first-order valence-corrected chi connectivity index (χ1v) is 4.80. The molecule has 78 valence electrons. The molecule has 0 saturated heterocycles. The van der Waals surface area contributed by atoms with Crippen LogP contribution in [0, 0.1) is 0 Å². The monoisotopic (exact) mass is 222 g/mol. The van der Waals surface area contributed by atoms with Crippen LogP contribution in [0.15, 0.2) is 42.7 Å². The summed E-state index contributed by atoms with van der Waals surface area (Å²) in [5, 5.41) is 0.642. The molecule has 0 aromatic heterocycles. The number of hydrogen-bond donors (Lipinski definition) is 0. The smallest absolute Gasteiger partial charge is 0.303 e. The lowest BCUT2D eigenvalue weighted by molar-refractivity contribution is -0.144. The van der Waals surface area contributed by atoms with Gasteiger partial charge in [0.15, 0.2) is 6.10 Å². The van der Waals surface area contributed by atoms with Crippen LogP contribution in [0.3, 0.4) is 0 Å². The Labute approximate surface area is 93.8 Å². The standard InChI is InChI=1S/C12H11ClO2/c1-3-4-12(15-9(2)14)10-5-7-11(13)8-6-10/h4-8,12H,1H2,2H3/t12-/m1/s1. The highest BCUT2D eigenvalue weighted by atomic mass is 35.5. The van der Waals surface area contributed by atoms with Crippen molar-refractivity contribution in [1.29, 1.82) is 0 Å². The van der Waals surface area contributed by atoms with Crippen molar-refractivity contribution >= 4 is 17.6 Å². The van der Waals surface area contributed by atoms with Crippen LogP contribution in [0.5, 0.6) is 0 Å². The highest BCUT2D eigenvalue weighted by Gasteiger charge is 2.10. The molecule has 1 aromatic carbocycles. The van der Waals surface area contributed by atoms with E-state index in [-0.39, 0.29) is 5.97 Å². The minimum Gasteiger partial charge on any atom is -0.453 e. The second kappa shape index (κ2) is 5.40. The van der Waals surface area contributed by atoms with Gasteiger partial charge in [-0.05, 0) is 17.7 Å². The summed E-state index contributed by atoms with van der Waals surface area (Å²) in [6.45, 7) is 4.81. The Morgan fingerprint density at radius 3 is 2.60 bits per heavy atom. The first kappa shape index (κ1) is 11.6. The van der Waals surface area contributed by atoms with E-state index in [0.717, 1.165) is 5.56 Å². The van der Waals surface area contributed by atoms with Crippen LogP contribution in [0.1, 0.15) is 18.6 Å². The third-order valence-corrected chi connectivity index (χ3v) is 2.01. The summed E-state index contributed by atoms with van der Waals surface area (Å²) in [6, 6.07) is 7.07. The molecular weight excluding hydrogens is 212 g/mol. The minimum atomic E-state index is -0.447. The van der Waals surface area contributed by atoms with Crippen molar-refractivity contribution in [1.82, 2.24) is 0 Å². The number of carbonyl (C=O) groups is 1. The number of halogens is 1. The maximum Gasteiger partial charge on any atom is 0.303 e. The number of benzene rings is 1. The first-order valence-electron chi connectivity index (χ1n) is 4.42. The predicted molar refractivity (Wildman–Crippen MR) is 59.7 cm³/mol. The van der Waals surface area contributed by atoms with Crippen LogP contribution in [0.2, 0.25) is 5.02 Å². The Hall–Kier alpha value is -1.50. The number of carbonyl (C=O) groups excluding carboxylic acids is 1. The fourth-order valence-corrected chi connectivity index (χ4v) is 1.26. The van der Waals surface area contributed by atoms with Gasteiger partial charge in [0.2, 0.25) is 0 Å². The van der Waals surface area contributed by atoms with Gasteiger partial charge in [-0.1, -0.05) is 30.3 Å². The van der Waals surface area contributed by atoms with Crippen LogP contribution in [0.25, 0.3) is 0 Å². The minimum absolute atomic E-state index is 0.346. The van der Waals surface area contributed by atoms with Crippen molar-refractivity contribution in [3.8, 4) is 0 Å². The fourth-order valence-electron chi connectivity index (χ4n) is 1.14. The molecule has 0 aliphatic carbocycles. The van der Waals surface area contributed by atoms with E-state index in [0.29, 0.717) is 5.02 Å². The molecule has 0 aliphatic rings. The zero-order valence-corrected chi connectivity index (χ0v) is 9.12. The van der Waals surface area contributed by atoms with E-state index in [4.69, 9.17) is 16.3 Å². The molecule has 0 saturated carbocycles. The molecule has 0 heterocycles. The van der Waals surface area contributed by atoms with E-state index in [1.807, 2.05) is 0 Å². The Bertz CT molecular complexity index is 389. The lowest BCUT2D eigenvalue weighted by Crippen LogP contribution is -2.05. The van der Waals surface area contributed by atoms with Crippen LogP contribution in [0.4, 0.5) is 0 Å². The van der Waals surface area contributed by atoms with Crippen LogP contribution in [-0.4, -0.2) is 5.97 Å². The molecule has 0 aliphatic heterocycles. The maximum atomic E-state index is 10.9. The van der Waals surface area contributed by atoms with Gasteiger partial charge in [-0.2, -0.15) is 0 Å². The highest BCUT2D eigenvalue weighted by Crippen LogP contribution is 2.20. The molecule has 0 spiro atoms. The molecule has 1 rings (SSSR count). The molecular formula is C12H11ClO2. The summed E-state index contributed by atoms with van der Waals surface area (Å²) in [5.74, 6) is -0.346. The molecule has 0 unspecified atom stereocenters. The van der Waals surface area contributed by atoms with Crippen molar-refractivity contribution < 1.29 is 9.53 Å². The van der Waals surface area contributed by atoms with Gasteiger partial charge in [-0.3, -0.25) is 4.79 Å². The summed E-state index contributed by atoms with van der Waals surface area (Å²) < 4.78 is 5.08. The van der Waals surface area contributed by atoms with Gasteiger partial charge in [0.25, 0.3) is 0 Å². The maximum absolute atomic E-state index is 10.9. The molecule has 1 aromatic rings. The van der Waals surface area contributed by atoms with Gasteiger partial charge in [0.05, 0.1) is 0 Å². The van der Waals surface area contributed by atoms with Crippen molar-refractivity contribution in [3.05, 3.63) is 53.2 Å². The van der Waals surface area contributed by atoms with E-state index in [9.17, 15) is 4.79 Å². The summed E-state index contributed by atoms with van der Waals surface area (Å²) in [6.07, 6.45) is 1.14. The molecule has 15 heavy (non-hydrogen) atoms. The molecule has 0 N–H and O–H groups in total. The third-order valence-electron chi connectivity index (χ3n) is 1.76. The molecule has 1 atom stereocenters. The average molecular weight is 223 g/mol. The van der Waals surface area contributed by atoms with E-state index < -0.39 is 6.10 Å². The van der Waals surface area contributed by atoms with Crippen LogP contribution >= 0.6 is 11.6 Å². The molecule has 3 heteroatoms. The Kier molecular flexibility index (Phi) is 4.17. The van der Waals surface area contributed by atoms with Crippen molar-refractivity contribution in [2.45, 2.75) is 13.0 Å². The molecule has 0 amide bonds. The van der Waals surface area contributed by atoms with E-state index >= 15 is 0 Å². The van der Waals surface area contributed by atoms with E-state index in [1.165, 1.54) is 6.92 Å². The largest absolute Gasteiger partial charge is 0.453 e. The van der Waals surface area contributed by atoms with Gasteiger partial charge in [0.1, 0.15) is 0 Å². The van der Waals surface area contributed by atoms with Gasteiger partial charge in [0, 0.05) is 18.0 Å². The summed E-state index contributed by atoms with van der Waals surface area (Å²) in [7, 11) is 0. The van der Waals surface area contributed by atoms with E-state index in [1.54, 1.807) is 30.3 Å². The zero-order chi connectivity index (χ0) is 11.3. The normalized spacial score (nSPS) is 11.3. The number of hydrogen-bond acceptors (Lipinski definition) is 2. The predicted octanol–water partition coefficient (Wildman–Crippen LogP) is 3.29. The summed E-state index contributed by atoms with van der Waals surface area (Å²) in [5.41, 5.74) is 3.44. The molecule has 0 bridgehead atoms. The van der Waals surface area contributed by atoms with Crippen LogP contribution < -0.4 is 0 Å². The Morgan fingerprint density at radius 2 is 2.13 bits per heavy atom. The van der Waals surface area contributed by atoms with Crippen LogP contribution in [-0.2, 0) is 9.53 Å². The second-order valence-electron chi connectivity index (χ2n) is 2.95. The van der Waals surface area contributed by atoms with Crippen molar-refractivity contribution in [2.24, 2.45) is 0 Å². The van der Waals surface area contributed by atoms with Gasteiger partial charge in [-0.25, -0.2) is 0 Å². The number of rotatable bonds is 3. The van der Waals surface area contributed by atoms with Crippen molar-refractivity contribution in [3.63, 3.8) is 0 Å². The SMILES string of the molecule is C=C=C[C@@H](OC(C)=O)c1ccc(Cl)cc1. The van der Waals surface area contributed by atoms with Gasteiger partial charge < -0.3 is 4.74 Å². The molecule has 2 nitrogen and oxygen atoms in total. The topological polar surface area (TPSA) is 26.3 Å². The van der Waals surface area contributed by atoms with Gasteiger partial charge in [-0.15, -0.1) is 5.73 Å². The fraction of sp³-hybridized carbons (Fsp3) is 0.167. The zero-order valence-electron chi connectivity index (χ0n) is 8.37. The van der Waals surface area contributed by atoms with Crippen molar-refractivity contribution in [2.75, 3.05) is 0 Å². The van der Waals surface area contributed by atoms with E-state index in [2.05, 4.69) is 12.3 Å². The molecule has 0 fully saturated rings. The molecule has 0 radical (unpaired) electrons. The lowest BCUT2D eigenvalue weighted by Gasteiger charge is -2.12. The Balaban J connectivity index is 2.93. The number of esters is 1. The quantitative estimate of drug-likeness (QED) is 0.580. The summed E-state index contributed by atoms with van der Waals surface area (Å²) in [4.78, 5) is 10.9. The first-order chi connectivity index (χ1) is 7.13. The third kappa shape index (κ3) is 3.62. The Morgan fingerprint density at radius 1 is 1.53 bits per heavy atom. The highest BCUT2D eigenvalue weighted by molar-refractivity contribution is 6.30. The summed E-state index contributed by atoms with van der Waals surface area (Å²) >= 11 is 5.75. The van der Waals surface area contributed by atoms with Gasteiger partial charge >= 0.3 is 5.97 Å². The lowest BCUT2D eigenvalue weighted by atomic mass is 10.1.